The maximum atomic E-state index is 14.8. The van der Waals surface area contributed by atoms with Crippen molar-refractivity contribution in [3.8, 4) is 22.6 Å². The number of carbonyl (C=O) groups is 2. The van der Waals surface area contributed by atoms with E-state index in [1.807, 2.05) is 24.3 Å². The van der Waals surface area contributed by atoms with E-state index in [2.05, 4.69) is 11.7 Å². The monoisotopic (exact) mass is 674 g/mol. The molecule has 3 aromatic rings. The van der Waals surface area contributed by atoms with Gasteiger partial charge >= 0.3 is 18.1 Å². The number of hydrogen-bond donors (Lipinski definition) is 0. The average molecular weight is 675 g/mol. The van der Waals surface area contributed by atoms with Crippen LogP contribution in [0.3, 0.4) is 0 Å². The third kappa shape index (κ3) is 13.3. The van der Waals surface area contributed by atoms with Gasteiger partial charge in [0.15, 0.2) is 17.7 Å². The number of benzene rings is 3. The summed E-state index contributed by atoms with van der Waals surface area (Å²) in [6, 6.07) is 16.9. The van der Waals surface area contributed by atoms with Crippen LogP contribution in [0.5, 0.6) is 11.5 Å². The van der Waals surface area contributed by atoms with Crippen molar-refractivity contribution in [2.45, 2.75) is 96.8 Å². The van der Waals surface area contributed by atoms with Crippen LogP contribution < -0.4 is 9.47 Å². The van der Waals surface area contributed by atoms with Gasteiger partial charge in [0.25, 0.3) is 0 Å². The number of halogens is 4. The van der Waals surface area contributed by atoms with Gasteiger partial charge in [-0.25, -0.2) is 14.0 Å². The number of carbonyl (C=O) groups excluding carboxylic acids is 2. The lowest BCUT2D eigenvalue weighted by molar-refractivity contribution is -0.206. The minimum absolute atomic E-state index is 0.127. The Balaban J connectivity index is 1.48. The highest BCUT2D eigenvalue weighted by Crippen LogP contribution is 2.29. The topological polar surface area (TPSA) is 71.1 Å². The second-order valence-electron chi connectivity index (χ2n) is 11.6. The summed E-state index contributed by atoms with van der Waals surface area (Å²) in [4.78, 5) is 25.1. The predicted molar refractivity (Wildman–Crippen MR) is 177 cm³/mol. The number of rotatable bonds is 21. The van der Waals surface area contributed by atoms with Crippen molar-refractivity contribution in [2.24, 2.45) is 0 Å². The van der Waals surface area contributed by atoms with E-state index in [-0.39, 0.29) is 12.0 Å². The predicted octanol–water partition coefficient (Wildman–Crippen LogP) is 10.5. The third-order valence-electron chi connectivity index (χ3n) is 7.77. The average Bonchev–Trinajstić information content (AvgIpc) is 3.07. The van der Waals surface area contributed by atoms with E-state index in [1.54, 1.807) is 31.2 Å². The molecule has 3 aromatic carbocycles. The van der Waals surface area contributed by atoms with Crippen LogP contribution in [0.15, 0.2) is 66.7 Å². The van der Waals surface area contributed by atoms with Crippen molar-refractivity contribution >= 4 is 11.9 Å². The molecule has 0 saturated heterocycles. The Morgan fingerprint density at radius 2 is 1.27 bits per heavy atom. The Labute approximate surface area is 280 Å². The van der Waals surface area contributed by atoms with E-state index < -0.39 is 47.8 Å². The summed E-state index contributed by atoms with van der Waals surface area (Å²) >= 11 is 0. The zero-order valence-electron chi connectivity index (χ0n) is 27.8. The number of alkyl halides is 3. The van der Waals surface area contributed by atoms with Crippen LogP contribution in [0.1, 0.15) is 105 Å². The fourth-order valence-corrected chi connectivity index (χ4v) is 5.00. The molecular weight excluding hydrogens is 628 g/mol. The number of esters is 2. The summed E-state index contributed by atoms with van der Waals surface area (Å²) in [6.45, 7) is 5.42. The summed E-state index contributed by atoms with van der Waals surface area (Å²) in [5, 5.41) is 0. The molecule has 0 aliphatic rings. The largest absolute Gasteiger partial charge is 0.494 e. The standard InChI is InChI=1S/C38H46F4O6/c1-3-5-6-7-8-9-10-12-26-46-32-22-19-29(20-23-32)28-15-17-30(18-16-28)36(43)47-34-24-21-31(27-33(34)39)37(44)48-35(38(40,41)42)14-11-13-25-45-4-2/h15-24,27,35H,3-14,25-26H2,1-2H3. The molecule has 1 atom stereocenters. The Hall–Kier alpha value is -3.92. The van der Waals surface area contributed by atoms with Crippen molar-refractivity contribution in [3.05, 3.63) is 83.7 Å². The van der Waals surface area contributed by atoms with Crippen LogP contribution in [-0.4, -0.2) is 44.0 Å². The van der Waals surface area contributed by atoms with Crippen molar-refractivity contribution in [3.63, 3.8) is 0 Å². The Morgan fingerprint density at radius 3 is 1.88 bits per heavy atom. The molecule has 0 spiro atoms. The molecule has 262 valence electrons. The van der Waals surface area contributed by atoms with Gasteiger partial charge < -0.3 is 18.9 Å². The lowest BCUT2D eigenvalue weighted by atomic mass is 10.0. The number of ether oxygens (including phenoxy) is 4. The smallest absolute Gasteiger partial charge is 0.425 e. The zero-order valence-corrected chi connectivity index (χ0v) is 27.8. The first-order valence-electron chi connectivity index (χ1n) is 16.8. The van der Waals surface area contributed by atoms with Crippen LogP contribution in [0, 0.1) is 5.82 Å². The van der Waals surface area contributed by atoms with Gasteiger partial charge in [0.05, 0.1) is 17.7 Å². The Kier molecular flexibility index (Phi) is 16.4. The first kappa shape index (κ1) is 38.5. The fourth-order valence-electron chi connectivity index (χ4n) is 5.00. The van der Waals surface area contributed by atoms with Crippen molar-refractivity contribution < 1.29 is 46.1 Å². The van der Waals surface area contributed by atoms with Crippen LogP contribution in [0.4, 0.5) is 17.6 Å². The minimum Gasteiger partial charge on any atom is -0.494 e. The fraction of sp³-hybridized carbons (Fsp3) is 0.474. The molecule has 0 heterocycles. The van der Waals surface area contributed by atoms with E-state index in [1.165, 1.54) is 38.5 Å². The third-order valence-corrected chi connectivity index (χ3v) is 7.77. The first-order valence-corrected chi connectivity index (χ1v) is 16.8. The maximum Gasteiger partial charge on any atom is 0.425 e. The summed E-state index contributed by atoms with van der Waals surface area (Å²) < 4.78 is 75.8. The quantitative estimate of drug-likeness (QED) is 0.0485. The molecule has 10 heteroatoms. The summed E-state index contributed by atoms with van der Waals surface area (Å²) in [5.74, 6) is -2.97. The van der Waals surface area contributed by atoms with Gasteiger partial charge in [-0.05, 0) is 86.2 Å². The Morgan fingerprint density at radius 1 is 0.688 bits per heavy atom. The van der Waals surface area contributed by atoms with Gasteiger partial charge in [-0.1, -0.05) is 76.1 Å². The van der Waals surface area contributed by atoms with E-state index >= 15 is 0 Å². The number of unbranched alkanes of at least 4 members (excludes halogenated alkanes) is 8. The van der Waals surface area contributed by atoms with Crippen molar-refractivity contribution in [2.75, 3.05) is 19.8 Å². The molecule has 6 nitrogen and oxygen atoms in total. The first-order chi connectivity index (χ1) is 23.1. The van der Waals surface area contributed by atoms with E-state index in [9.17, 15) is 27.2 Å². The highest BCUT2D eigenvalue weighted by Gasteiger charge is 2.42. The van der Waals surface area contributed by atoms with Gasteiger partial charge in [-0.3, -0.25) is 0 Å². The van der Waals surface area contributed by atoms with E-state index in [0.717, 1.165) is 41.9 Å². The number of hydrogen-bond acceptors (Lipinski definition) is 6. The van der Waals surface area contributed by atoms with Crippen LogP contribution in [0.2, 0.25) is 0 Å². The molecule has 0 saturated carbocycles. The van der Waals surface area contributed by atoms with Gasteiger partial charge in [0.2, 0.25) is 0 Å². The maximum absolute atomic E-state index is 14.8. The van der Waals surface area contributed by atoms with Crippen LogP contribution in [-0.2, 0) is 9.47 Å². The summed E-state index contributed by atoms with van der Waals surface area (Å²) in [5.41, 5.74) is 1.48. The molecule has 0 bridgehead atoms. The second-order valence-corrected chi connectivity index (χ2v) is 11.6. The highest BCUT2D eigenvalue weighted by molar-refractivity contribution is 5.92. The molecule has 0 amide bonds. The molecule has 0 N–H and O–H groups in total. The van der Waals surface area contributed by atoms with E-state index in [4.69, 9.17) is 14.2 Å². The van der Waals surface area contributed by atoms with Gasteiger partial charge in [0, 0.05) is 13.2 Å². The van der Waals surface area contributed by atoms with E-state index in [0.29, 0.717) is 32.3 Å². The molecule has 3 rings (SSSR count). The lowest BCUT2D eigenvalue weighted by Gasteiger charge is -2.20. The van der Waals surface area contributed by atoms with Gasteiger partial charge in [-0.15, -0.1) is 0 Å². The van der Waals surface area contributed by atoms with Gasteiger partial charge in [0.1, 0.15) is 5.75 Å². The molecule has 1 unspecified atom stereocenters. The summed E-state index contributed by atoms with van der Waals surface area (Å²) in [6.07, 6.45) is 2.82. The highest BCUT2D eigenvalue weighted by atomic mass is 19.4. The second kappa shape index (κ2) is 20.4. The lowest BCUT2D eigenvalue weighted by Crippen LogP contribution is -2.34. The molecule has 0 aliphatic carbocycles. The van der Waals surface area contributed by atoms with Crippen molar-refractivity contribution in [1.29, 1.82) is 0 Å². The molecule has 0 fully saturated rings. The van der Waals surface area contributed by atoms with Crippen molar-refractivity contribution in [1.82, 2.24) is 0 Å². The van der Waals surface area contributed by atoms with Crippen LogP contribution in [0.25, 0.3) is 11.1 Å². The summed E-state index contributed by atoms with van der Waals surface area (Å²) in [7, 11) is 0. The molecule has 0 radical (unpaired) electrons. The Bertz CT molecular complexity index is 1390. The molecule has 48 heavy (non-hydrogen) atoms. The SMILES string of the molecule is CCCCCCCCCCOc1ccc(-c2ccc(C(=O)Oc3ccc(C(=O)OC(CCCCOCC)C(F)(F)F)cc3F)cc2)cc1. The van der Waals surface area contributed by atoms with Crippen LogP contribution >= 0.6 is 0 Å². The molecule has 0 aromatic heterocycles. The zero-order chi connectivity index (χ0) is 34.8. The van der Waals surface area contributed by atoms with Gasteiger partial charge in [-0.2, -0.15) is 13.2 Å². The minimum atomic E-state index is -4.78. The normalized spacial score (nSPS) is 12.0. The molecular formula is C38H46F4O6. The molecule has 0 aliphatic heterocycles.